The Morgan fingerprint density at radius 2 is 1.90 bits per heavy atom. The van der Waals surface area contributed by atoms with E-state index < -0.39 is 15.6 Å². The van der Waals surface area contributed by atoms with Gasteiger partial charge in [0.05, 0.1) is 11.0 Å². The van der Waals surface area contributed by atoms with Crippen LogP contribution in [-0.2, 0) is 10.0 Å². The highest BCUT2D eigenvalue weighted by molar-refractivity contribution is 7.89. The van der Waals surface area contributed by atoms with E-state index in [1.807, 2.05) is 20.8 Å². The van der Waals surface area contributed by atoms with Gasteiger partial charge in [0.2, 0.25) is 10.0 Å². The van der Waals surface area contributed by atoms with E-state index in [1.165, 1.54) is 0 Å². The first-order valence-corrected chi connectivity index (χ1v) is 8.07. The third kappa shape index (κ3) is 5.82. The Bertz CT molecular complexity index is 572. The molecule has 1 aromatic carbocycles. The molecule has 21 heavy (non-hydrogen) atoms. The van der Waals surface area contributed by atoms with Gasteiger partial charge in [-0.25, -0.2) is 13.1 Å². The van der Waals surface area contributed by atoms with E-state index in [4.69, 9.17) is 10.5 Å². The van der Waals surface area contributed by atoms with Crippen molar-refractivity contribution in [1.29, 1.82) is 0 Å². The number of halogens is 1. The van der Waals surface area contributed by atoms with Gasteiger partial charge in [0.15, 0.2) is 0 Å². The fraction of sp³-hybridized carbons (Fsp3) is 0.571. The average molecular weight is 337 g/mol. The van der Waals surface area contributed by atoms with Gasteiger partial charge in [0.1, 0.15) is 5.75 Å². The molecule has 0 aliphatic rings. The van der Waals surface area contributed by atoms with Crippen LogP contribution < -0.4 is 15.2 Å². The third-order valence-corrected chi connectivity index (χ3v) is 4.44. The van der Waals surface area contributed by atoms with Crippen molar-refractivity contribution in [3.63, 3.8) is 0 Å². The van der Waals surface area contributed by atoms with E-state index in [9.17, 15) is 8.42 Å². The van der Waals surface area contributed by atoms with Crippen molar-refractivity contribution in [3.8, 4) is 5.75 Å². The molecule has 0 aliphatic carbocycles. The normalized spacial score (nSPS) is 12.1. The minimum Gasteiger partial charge on any atom is -0.491 e. The lowest BCUT2D eigenvalue weighted by Gasteiger charge is -2.24. The highest BCUT2D eigenvalue weighted by Gasteiger charge is 2.25. The quantitative estimate of drug-likeness (QED) is 0.834. The van der Waals surface area contributed by atoms with Gasteiger partial charge in [0.25, 0.3) is 0 Å². The van der Waals surface area contributed by atoms with Crippen molar-refractivity contribution >= 4 is 22.4 Å². The molecule has 1 aromatic rings. The van der Waals surface area contributed by atoms with E-state index in [0.29, 0.717) is 5.75 Å². The maximum Gasteiger partial charge on any atom is 0.241 e. The summed E-state index contributed by atoms with van der Waals surface area (Å²) >= 11 is 0. The first-order chi connectivity index (χ1) is 9.07. The van der Waals surface area contributed by atoms with Crippen molar-refractivity contribution in [2.24, 2.45) is 5.73 Å². The Kier molecular flexibility index (Phi) is 7.15. The van der Waals surface area contributed by atoms with Crippen LogP contribution in [-0.4, -0.2) is 26.6 Å². The van der Waals surface area contributed by atoms with Gasteiger partial charge in [-0.2, -0.15) is 0 Å². The molecular formula is C14H25ClN2O3S. The number of hydrogen-bond acceptors (Lipinski definition) is 4. The number of rotatable bonds is 6. The number of hydrogen-bond donors (Lipinski definition) is 2. The van der Waals surface area contributed by atoms with Crippen molar-refractivity contribution in [2.75, 3.05) is 6.54 Å². The third-order valence-electron chi connectivity index (χ3n) is 2.74. The molecule has 0 spiro atoms. The van der Waals surface area contributed by atoms with E-state index >= 15 is 0 Å². The molecule has 0 radical (unpaired) electrons. The first kappa shape index (κ1) is 20.2. The summed E-state index contributed by atoms with van der Waals surface area (Å²) in [7, 11) is -3.58. The Morgan fingerprint density at radius 1 is 1.33 bits per heavy atom. The number of nitrogens with two attached hydrogens (primary N) is 1. The average Bonchev–Trinajstić information content (AvgIpc) is 2.30. The first-order valence-electron chi connectivity index (χ1n) is 6.59. The Labute approximate surface area is 133 Å². The van der Waals surface area contributed by atoms with Gasteiger partial charge in [-0.3, -0.25) is 0 Å². The lowest BCUT2D eigenvalue weighted by molar-refractivity contribution is 0.240. The second kappa shape index (κ2) is 7.45. The summed E-state index contributed by atoms with van der Waals surface area (Å²) in [4.78, 5) is 0.215. The van der Waals surface area contributed by atoms with Crippen LogP contribution in [0.4, 0.5) is 0 Å². The lowest BCUT2D eigenvalue weighted by Crippen LogP contribution is -2.48. The molecule has 0 aliphatic heterocycles. The Balaban J connectivity index is 0.00000400. The smallest absolute Gasteiger partial charge is 0.241 e. The van der Waals surface area contributed by atoms with E-state index in [0.717, 1.165) is 5.56 Å². The van der Waals surface area contributed by atoms with Crippen molar-refractivity contribution in [2.45, 2.75) is 51.2 Å². The van der Waals surface area contributed by atoms with Crippen molar-refractivity contribution < 1.29 is 13.2 Å². The van der Waals surface area contributed by atoms with Gasteiger partial charge in [0, 0.05) is 12.1 Å². The van der Waals surface area contributed by atoms with Crippen LogP contribution >= 0.6 is 12.4 Å². The summed E-state index contributed by atoms with van der Waals surface area (Å²) in [6, 6.07) is 4.83. The number of aryl methyl sites for hydroxylation is 1. The number of benzene rings is 1. The molecule has 0 bridgehead atoms. The van der Waals surface area contributed by atoms with Crippen LogP contribution in [0.25, 0.3) is 0 Å². The Hall–Kier alpha value is -0.820. The SMILES string of the molecule is Cc1cc(S(=O)(=O)NC(C)(C)CN)ccc1OC(C)C.Cl. The zero-order valence-corrected chi connectivity index (χ0v) is 14.8. The molecule has 0 unspecified atom stereocenters. The molecule has 0 saturated carbocycles. The molecule has 5 nitrogen and oxygen atoms in total. The van der Waals surface area contributed by atoms with Gasteiger partial charge in [-0.1, -0.05) is 0 Å². The number of ether oxygens (including phenoxy) is 1. The molecule has 0 fully saturated rings. The van der Waals surface area contributed by atoms with Gasteiger partial charge in [-0.15, -0.1) is 12.4 Å². The largest absolute Gasteiger partial charge is 0.491 e. The highest BCUT2D eigenvalue weighted by atomic mass is 35.5. The number of sulfonamides is 1. The summed E-state index contributed by atoms with van der Waals surface area (Å²) in [6.45, 7) is 9.39. The molecule has 0 saturated heterocycles. The zero-order valence-electron chi connectivity index (χ0n) is 13.1. The predicted molar refractivity (Wildman–Crippen MR) is 87.6 cm³/mol. The summed E-state index contributed by atoms with van der Waals surface area (Å²) in [5, 5.41) is 0. The van der Waals surface area contributed by atoms with Gasteiger partial charge in [-0.05, 0) is 58.4 Å². The summed E-state index contributed by atoms with van der Waals surface area (Å²) < 4.78 is 32.8. The Morgan fingerprint density at radius 3 is 2.33 bits per heavy atom. The summed E-state index contributed by atoms with van der Waals surface area (Å²) in [5.41, 5.74) is 5.66. The zero-order chi connectivity index (χ0) is 15.6. The predicted octanol–water partition coefficient (Wildman–Crippen LogP) is 2.22. The fourth-order valence-electron chi connectivity index (χ4n) is 1.64. The molecule has 0 atom stereocenters. The summed E-state index contributed by atoms with van der Waals surface area (Å²) in [6.07, 6.45) is 0.0467. The lowest BCUT2D eigenvalue weighted by atomic mass is 10.1. The van der Waals surface area contributed by atoms with E-state index in [-0.39, 0.29) is 30.0 Å². The highest BCUT2D eigenvalue weighted by Crippen LogP contribution is 2.23. The van der Waals surface area contributed by atoms with Crippen LogP contribution in [0.15, 0.2) is 23.1 Å². The maximum atomic E-state index is 12.3. The van der Waals surface area contributed by atoms with Gasteiger partial charge < -0.3 is 10.5 Å². The standard InChI is InChI=1S/C14H24N2O3S.ClH/c1-10(2)19-13-7-6-12(8-11(13)3)20(17,18)16-14(4,5)9-15;/h6-8,10,16H,9,15H2,1-5H3;1H. The number of nitrogens with one attached hydrogen (secondary N) is 1. The van der Waals surface area contributed by atoms with Crippen molar-refractivity contribution in [3.05, 3.63) is 23.8 Å². The van der Waals surface area contributed by atoms with Gasteiger partial charge >= 0.3 is 0 Å². The maximum absolute atomic E-state index is 12.3. The fourth-order valence-corrected chi connectivity index (χ4v) is 3.15. The second-order valence-corrected chi connectivity index (χ2v) is 7.47. The van der Waals surface area contributed by atoms with Crippen LogP contribution in [0.5, 0.6) is 5.75 Å². The topological polar surface area (TPSA) is 81.4 Å². The molecule has 3 N–H and O–H groups in total. The van der Waals surface area contributed by atoms with Crippen LogP contribution in [0, 0.1) is 6.92 Å². The van der Waals surface area contributed by atoms with Crippen LogP contribution in [0.2, 0.25) is 0 Å². The molecule has 0 amide bonds. The van der Waals surface area contributed by atoms with E-state index in [2.05, 4.69) is 4.72 Å². The van der Waals surface area contributed by atoms with E-state index in [1.54, 1.807) is 32.0 Å². The molecular weight excluding hydrogens is 312 g/mol. The second-order valence-electron chi connectivity index (χ2n) is 5.79. The molecule has 0 heterocycles. The monoisotopic (exact) mass is 336 g/mol. The van der Waals surface area contributed by atoms with Crippen LogP contribution in [0.3, 0.4) is 0 Å². The molecule has 7 heteroatoms. The van der Waals surface area contributed by atoms with Crippen molar-refractivity contribution in [1.82, 2.24) is 4.72 Å². The minimum atomic E-state index is -3.58. The molecule has 0 aromatic heterocycles. The molecule has 1 rings (SSSR count). The van der Waals surface area contributed by atoms with Crippen LogP contribution in [0.1, 0.15) is 33.3 Å². The summed E-state index contributed by atoms with van der Waals surface area (Å²) in [5.74, 6) is 0.692. The molecule has 122 valence electrons. The minimum absolute atomic E-state index is 0.